The topological polar surface area (TPSA) is 82.8 Å². The lowest BCUT2D eigenvalue weighted by atomic mass is 10.1. The summed E-state index contributed by atoms with van der Waals surface area (Å²) in [5.41, 5.74) is 2.44. The molecule has 7 nitrogen and oxygen atoms in total. The normalized spacial score (nSPS) is 11.1. The Bertz CT molecular complexity index is 1090. The number of anilines is 1. The molecule has 0 atom stereocenters. The van der Waals surface area contributed by atoms with Gasteiger partial charge in [-0.1, -0.05) is 23.4 Å². The second-order valence-corrected chi connectivity index (χ2v) is 6.70. The van der Waals surface area contributed by atoms with Crippen molar-refractivity contribution in [1.29, 1.82) is 0 Å². The Kier molecular flexibility index (Phi) is 7.43. The quantitative estimate of drug-likeness (QED) is 0.461. The highest BCUT2D eigenvalue weighted by molar-refractivity contribution is 6.02. The Morgan fingerprint density at radius 1 is 1.16 bits per heavy atom. The molecule has 0 unspecified atom stereocenters. The van der Waals surface area contributed by atoms with Gasteiger partial charge in [0.05, 0.1) is 24.1 Å². The summed E-state index contributed by atoms with van der Waals surface area (Å²) >= 11 is 0. The van der Waals surface area contributed by atoms with E-state index < -0.39 is 12.5 Å². The highest BCUT2D eigenvalue weighted by Crippen LogP contribution is 2.30. The van der Waals surface area contributed by atoms with Gasteiger partial charge < -0.3 is 24.1 Å². The van der Waals surface area contributed by atoms with Gasteiger partial charge in [-0.15, -0.1) is 0 Å². The van der Waals surface area contributed by atoms with Gasteiger partial charge in [0, 0.05) is 6.08 Å². The Morgan fingerprint density at radius 2 is 1.94 bits per heavy atom. The molecular weight excluding hydrogens is 422 g/mol. The molecule has 3 rings (SSSR count). The molecule has 0 spiro atoms. The second kappa shape index (κ2) is 10.4. The number of ether oxygens (including phenoxy) is 3. The predicted octanol–water partition coefficient (Wildman–Crippen LogP) is 5.13. The van der Waals surface area contributed by atoms with Crippen LogP contribution in [0.2, 0.25) is 0 Å². The molecule has 3 aromatic rings. The van der Waals surface area contributed by atoms with E-state index in [1.165, 1.54) is 31.4 Å². The summed E-state index contributed by atoms with van der Waals surface area (Å²) in [5, 5.41) is 6.41. The number of aromatic nitrogens is 1. The molecule has 0 aliphatic rings. The van der Waals surface area contributed by atoms with E-state index in [2.05, 4.69) is 15.2 Å². The molecule has 32 heavy (non-hydrogen) atoms. The van der Waals surface area contributed by atoms with E-state index in [0.717, 1.165) is 11.3 Å². The molecule has 0 radical (unpaired) electrons. The van der Waals surface area contributed by atoms with Gasteiger partial charge in [0.25, 0.3) is 0 Å². The molecule has 168 valence electrons. The Labute approximate surface area is 183 Å². The van der Waals surface area contributed by atoms with E-state index in [0.29, 0.717) is 22.8 Å². The Morgan fingerprint density at radius 3 is 2.62 bits per heavy atom. The third-order valence-electron chi connectivity index (χ3n) is 4.53. The van der Waals surface area contributed by atoms with E-state index in [4.69, 9.17) is 14.0 Å². The van der Waals surface area contributed by atoms with Crippen molar-refractivity contribution < 1.29 is 32.3 Å². The number of methoxy groups -OCH3 is 1. The minimum Gasteiger partial charge on any atom is -0.493 e. The molecule has 2 aromatic carbocycles. The minimum atomic E-state index is -2.99. The minimum absolute atomic E-state index is 0.120. The maximum absolute atomic E-state index is 12.5. The molecule has 1 aromatic heterocycles. The number of rotatable bonds is 9. The number of aryl methyl sites for hydroxylation is 2. The number of amides is 1. The van der Waals surface area contributed by atoms with Crippen LogP contribution in [0.5, 0.6) is 17.2 Å². The molecular formula is C23H22F2N2O5. The second-order valence-electron chi connectivity index (χ2n) is 6.70. The fourth-order valence-corrected chi connectivity index (χ4v) is 2.88. The van der Waals surface area contributed by atoms with Crippen molar-refractivity contribution >= 4 is 17.7 Å². The fraction of sp³-hybridized carbons (Fsp3) is 0.217. The number of carbonyl (C=O) groups excluding carboxylic acids is 1. The van der Waals surface area contributed by atoms with Crippen LogP contribution in [0.15, 0.2) is 53.1 Å². The highest BCUT2D eigenvalue weighted by atomic mass is 19.3. The molecule has 1 N–H and O–H groups in total. The summed E-state index contributed by atoms with van der Waals surface area (Å²) in [7, 11) is 1.51. The van der Waals surface area contributed by atoms with Gasteiger partial charge in [0.2, 0.25) is 5.91 Å². The van der Waals surface area contributed by atoms with Gasteiger partial charge in [-0.25, -0.2) is 0 Å². The average molecular weight is 444 g/mol. The van der Waals surface area contributed by atoms with E-state index >= 15 is 0 Å². The van der Waals surface area contributed by atoms with E-state index in [1.54, 1.807) is 30.3 Å². The SMILES string of the molecule is COc1cc(/C=C/C(=O)Nc2ccccc2OC(F)F)ccc1OCc1c(C)noc1C. The summed E-state index contributed by atoms with van der Waals surface area (Å²) in [6, 6.07) is 11.1. The number of benzene rings is 2. The molecule has 0 bridgehead atoms. The monoisotopic (exact) mass is 444 g/mol. The summed E-state index contributed by atoms with van der Waals surface area (Å²) in [4.78, 5) is 12.2. The Hall–Kier alpha value is -3.88. The summed E-state index contributed by atoms with van der Waals surface area (Å²) in [6.45, 7) is 0.931. The van der Waals surface area contributed by atoms with Crippen LogP contribution in [0.25, 0.3) is 6.08 Å². The van der Waals surface area contributed by atoms with Gasteiger partial charge in [-0.05, 0) is 49.8 Å². The zero-order valence-electron chi connectivity index (χ0n) is 17.7. The van der Waals surface area contributed by atoms with Crippen LogP contribution < -0.4 is 19.5 Å². The van der Waals surface area contributed by atoms with Crippen molar-refractivity contribution in [3.8, 4) is 17.2 Å². The van der Waals surface area contributed by atoms with Crippen molar-refractivity contribution in [1.82, 2.24) is 5.16 Å². The molecule has 0 saturated carbocycles. The van der Waals surface area contributed by atoms with E-state index in [-0.39, 0.29) is 18.0 Å². The lowest BCUT2D eigenvalue weighted by molar-refractivity contribution is -0.111. The number of halogens is 2. The highest BCUT2D eigenvalue weighted by Gasteiger charge is 2.13. The first kappa shape index (κ1) is 22.8. The van der Waals surface area contributed by atoms with E-state index in [1.807, 2.05) is 13.8 Å². The molecule has 0 fully saturated rings. The first-order chi connectivity index (χ1) is 15.4. The van der Waals surface area contributed by atoms with Crippen molar-refractivity contribution in [3.63, 3.8) is 0 Å². The van der Waals surface area contributed by atoms with Crippen LogP contribution in [0.3, 0.4) is 0 Å². The molecule has 9 heteroatoms. The lowest BCUT2D eigenvalue weighted by Gasteiger charge is -2.11. The number of carbonyl (C=O) groups is 1. The van der Waals surface area contributed by atoms with Gasteiger partial charge in [0.1, 0.15) is 18.1 Å². The van der Waals surface area contributed by atoms with E-state index in [9.17, 15) is 13.6 Å². The Balaban J connectivity index is 1.66. The zero-order valence-corrected chi connectivity index (χ0v) is 17.7. The summed E-state index contributed by atoms with van der Waals surface area (Å²) in [6.07, 6.45) is 2.84. The summed E-state index contributed by atoms with van der Waals surface area (Å²) in [5.74, 6) is 1.06. The van der Waals surface area contributed by atoms with Crippen molar-refractivity contribution in [2.45, 2.75) is 27.1 Å². The maximum atomic E-state index is 12.5. The zero-order chi connectivity index (χ0) is 23.1. The van der Waals surface area contributed by atoms with Crippen LogP contribution >= 0.6 is 0 Å². The van der Waals surface area contributed by atoms with Crippen LogP contribution in [0.4, 0.5) is 14.5 Å². The molecule has 1 heterocycles. The fourth-order valence-electron chi connectivity index (χ4n) is 2.88. The number of para-hydroxylation sites is 2. The van der Waals surface area contributed by atoms with Gasteiger partial charge in [-0.3, -0.25) is 4.79 Å². The maximum Gasteiger partial charge on any atom is 0.387 e. The van der Waals surface area contributed by atoms with Gasteiger partial charge in [0.15, 0.2) is 11.5 Å². The summed E-state index contributed by atoms with van der Waals surface area (Å²) < 4.78 is 45.8. The number of hydrogen-bond acceptors (Lipinski definition) is 6. The van der Waals surface area contributed by atoms with Crippen LogP contribution in [-0.2, 0) is 11.4 Å². The molecule has 0 saturated heterocycles. The molecule has 0 aliphatic carbocycles. The number of nitrogens with zero attached hydrogens (tertiary/aromatic N) is 1. The lowest BCUT2D eigenvalue weighted by Crippen LogP contribution is -2.11. The van der Waals surface area contributed by atoms with Crippen molar-refractivity contribution in [3.05, 3.63) is 71.1 Å². The van der Waals surface area contributed by atoms with Gasteiger partial charge >= 0.3 is 6.61 Å². The van der Waals surface area contributed by atoms with Crippen molar-refractivity contribution in [2.24, 2.45) is 0 Å². The third-order valence-corrected chi connectivity index (χ3v) is 4.53. The number of hydrogen-bond donors (Lipinski definition) is 1. The van der Waals surface area contributed by atoms with Gasteiger partial charge in [-0.2, -0.15) is 8.78 Å². The third kappa shape index (κ3) is 5.84. The van der Waals surface area contributed by atoms with Crippen LogP contribution in [-0.4, -0.2) is 24.8 Å². The average Bonchev–Trinajstić information content (AvgIpc) is 3.09. The molecule has 1 amide bonds. The smallest absolute Gasteiger partial charge is 0.387 e. The van der Waals surface area contributed by atoms with Crippen LogP contribution in [0.1, 0.15) is 22.6 Å². The molecule has 0 aliphatic heterocycles. The standard InChI is InChI=1S/C23H22F2N2O5/c1-14-17(15(2)32-27-14)13-30-20-10-8-16(12-21(20)29-3)9-11-22(28)26-18-6-4-5-7-19(18)31-23(24)25/h4-12,23H,13H2,1-3H3,(H,26,28)/b11-9+. The first-order valence-electron chi connectivity index (χ1n) is 9.63. The number of nitrogens with one attached hydrogen (secondary N) is 1. The van der Waals surface area contributed by atoms with Crippen LogP contribution in [0, 0.1) is 13.8 Å². The predicted molar refractivity (Wildman–Crippen MR) is 114 cm³/mol. The van der Waals surface area contributed by atoms with Crippen molar-refractivity contribution in [2.75, 3.05) is 12.4 Å². The largest absolute Gasteiger partial charge is 0.493 e. The first-order valence-corrected chi connectivity index (χ1v) is 9.63. The number of alkyl halides is 2.